The van der Waals surface area contributed by atoms with E-state index in [1.165, 1.54) is 38.8 Å². The van der Waals surface area contributed by atoms with Crippen molar-refractivity contribution in [2.45, 2.75) is 32.6 Å². The normalized spacial score (nSPS) is 16.7. The molecule has 5 nitrogen and oxygen atoms in total. The molecular formula is C16H25N5. The van der Waals surface area contributed by atoms with Gasteiger partial charge in [0, 0.05) is 25.5 Å². The molecule has 0 spiro atoms. The Kier molecular flexibility index (Phi) is 5.51. The van der Waals surface area contributed by atoms with Crippen LogP contribution >= 0.6 is 0 Å². The van der Waals surface area contributed by atoms with Crippen molar-refractivity contribution in [1.82, 2.24) is 14.9 Å². The Balaban J connectivity index is 1.78. The molecule has 1 aromatic heterocycles. The summed E-state index contributed by atoms with van der Waals surface area (Å²) < 4.78 is 0. The van der Waals surface area contributed by atoms with Gasteiger partial charge in [0.2, 0.25) is 11.6 Å². The molecule has 0 saturated carbocycles. The van der Waals surface area contributed by atoms with Crippen molar-refractivity contribution in [2.75, 3.05) is 38.6 Å². The summed E-state index contributed by atoms with van der Waals surface area (Å²) in [4.78, 5) is 16.6. The zero-order valence-electron chi connectivity index (χ0n) is 13.3. The lowest BCUT2D eigenvalue weighted by atomic mass is 9.92. The van der Waals surface area contributed by atoms with Crippen LogP contribution in [0.3, 0.4) is 0 Å². The minimum Gasteiger partial charge on any atom is -0.344 e. The molecule has 0 bridgehead atoms. The molecule has 1 aliphatic heterocycles. The molecule has 2 heterocycles. The van der Waals surface area contributed by atoms with Gasteiger partial charge in [-0.2, -0.15) is 0 Å². The summed E-state index contributed by atoms with van der Waals surface area (Å²) in [5, 5.41) is 0. The van der Waals surface area contributed by atoms with Crippen molar-refractivity contribution in [3.05, 3.63) is 23.3 Å². The number of hydrogen-bond acceptors (Lipinski definition) is 4. The summed E-state index contributed by atoms with van der Waals surface area (Å²) in [5.41, 5.74) is 1.30. The molecule has 0 atom stereocenters. The fraction of sp³-hybridized carbons (Fsp3) is 0.688. The Morgan fingerprint density at radius 2 is 2.14 bits per heavy atom. The Hall–Kier alpha value is -1.67. The maximum Gasteiger partial charge on any atom is 0.225 e. The van der Waals surface area contributed by atoms with Gasteiger partial charge in [-0.3, -0.25) is 0 Å². The van der Waals surface area contributed by atoms with Crippen LogP contribution < -0.4 is 4.90 Å². The van der Waals surface area contributed by atoms with Crippen molar-refractivity contribution < 1.29 is 0 Å². The predicted molar refractivity (Wildman–Crippen MR) is 85.8 cm³/mol. The highest BCUT2D eigenvalue weighted by Gasteiger charge is 2.16. The van der Waals surface area contributed by atoms with Crippen molar-refractivity contribution in [2.24, 2.45) is 5.92 Å². The van der Waals surface area contributed by atoms with Gasteiger partial charge in [0.25, 0.3) is 0 Å². The van der Waals surface area contributed by atoms with Crippen LogP contribution in [-0.2, 0) is 0 Å². The molecule has 0 N–H and O–H groups in total. The van der Waals surface area contributed by atoms with E-state index < -0.39 is 0 Å². The van der Waals surface area contributed by atoms with Crippen LogP contribution in [0, 0.1) is 19.4 Å². The third-order valence-electron chi connectivity index (χ3n) is 4.35. The lowest BCUT2D eigenvalue weighted by Crippen LogP contribution is -2.30. The molecule has 21 heavy (non-hydrogen) atoms. The monoisotopic (exact) mass is 287 g/mol. The van der Waals surface area contributed by atoms with E-state index in [9.17, 15) is 0 Å². The average molecular weight is 287 g/mol. The number of nitrogens with zero attached hydrogens (tertiary/aromatic N) is 5. The Morgan fingerprint density at radius 3 is 2.76 bits per heavy atom. The molecule has 0 radical (unpaired) electrons. The highest BCUT2D eigenvalue weighted by molar-refractivity contribution is 5.49. The standard InChI is InChI=1S/C16H25N5/c1-13-15(17-2)12-18-16(19-13)21(4)9-5-6-14-7-10-20(3)11-8-14/h12,14H,5-11H2,1,3-4H3. The molecule has 0 aliphatic carbocycles. The molecule has 1 fully saturated rings. The summed E-state index contributed by atoms with van der Waals surface area (Å²) in [7, 11) is 4.23. The SMILES string of the molecule is [C-]#[N+]c1cnc(N(C)CCCC2CCN(C)CC2)nc1C. The van der Waals surface area contributed by atoms with E-state index in [-0.39, 0.29) is 0 Å². The Bertz CT molecular complexity index is 500. The molecule has 1 saturated heterocycles. The molecule has 1 aromatic rings. The second kappa shape index (κ2) is 7.37. The van der Waals surface area contributed by atoms with Gasteiger partial charge >= 0.3 is 0 Å². The quantitative estimate of drug-likeness (QED) is 0.780. The summed E-state index contributed by atoms with van der Waals surface area (Å²) >= 11 is 0. The van der Waals surface area contributed by atoms with Gasteiger partial charge in [-0.15, -0.1) is 0 Å². The molecule has 0 amide bonds. The van der Waals surface area contributed by atoms with Gasteiger partial charge in [0.1, 0.15) is 0 Å². The number of likely N-dealkylation sites (tertiary alicyclic amines) is 1. The lowest BCUT2D eigenvalue weighted by Gasteiger charge is -2.29. The van der Waals surface area contributed by atoms with E-state index in [1.54, 1.807) is 6.20 Å². The van der Waals surface area contributed by atoms with Gasteiger partial charge in [-0.25, -0.2) is 14.8 Å². The molecule has 2 rings (SSSR count). The first-order chi connectivity index (χ1) is 10.1. The number of piperidine rings is 1. The van der Waals surface area contributed by atoms with Crippen molar-refractivity contribution >= 4 is 11.6 Å². The summed E-state index contributed by atoms with van der Waals surface area (Å²) in [6.07, 6.45) is 6.75. The topological polar surface area (TPSA) is 36.6 Å². The third-order valence-corrected chi connectivity index (χ3v) is 4.35. The minimum atomic E-state index is 0.540. The number of hydrogen-bond donors (Lipinski definition) is 0. The Morgan fingerprint density at radius 1 is 1.43 bits per heavy atom. The first-order valence-electron chi connectivity index (χ1n) is 7.71. The van der Waals surface area contributed by atoms with Crippen molar-refractivity contribution in [3.8, 4) is 0 Å². The first-order valence-corrected chi connectivity index (χ1v) is 7.71. The number of aromatic nitrogens is 2. The second-order valence-electron chi connectivity index (χ2n) is 6.06. The molecule has 5 heteroatoms. The predicted octanol–water partition coefficient (Wildman–Crippen LogP) is 2.89. The maximum atomic E-state index is 7.03. The second-order valence-corrected chi connectivity index (χ2v) is 6.06. The van der Waals surface area contributed by atoms with Gasteiger partial charge < -0.3 is 9.80 Å². The largest absolute Gasteiger partial charge is 0.344 e. The number of aryl methyl sites for hydroxylation is 1. The lowest BCUT2D eigenvalue weighted by molar-refractivity contribution is 0.211. The van der Waals surface area contributed by atoms with E-state index >= 15 is 0 Å². The van der Waals surface area contributed by atoms with Crippen LogP contribution in [0.5, 0.6) is 0 Å². The van der Waals surface area contributed by atoms with Crippen LogP contribution in [0.2, 0.25) is 0 Å². The molecule has 0 unspecified atom stereocenters. The highest BCUT2D eigenvalue weighted by atomic mass is 15.2. The molecule has 0 aromatic carbocycles. The molecular weight excluding hydrogens is 262 g/mol. The zero-order valence-corrected chi connectivity index (χ0v) is 13.3. The molecule has 114 valence electrons. The summed E-state index contributed by atoms with van der Waals surface area (Å²) in [6, 6.07) is 0. The smallest absolute Gasteiger partial charge is 0.225 e. The average Bonchev–Trinajstić information content (AvgIpc) is 2.49. The van der Waals surface area contributed by atoms with Crippen LogP contribution in [0.4, 0.5) is 11.6 Å². The van der Waals surface area contributed by atoms with Gasteiger partial charge in [-0.1, -0.05) is 0 Å². The Labute approximate surface area is 127 Å². The summed E-state index contributed by atoms with van der Waals surface area (Å²) in [5.74, 6) is 1.60. The fourth-order valence-corrected chi connectivity index (χ4v) is 2.81. The maximum absolute atomic E-state index is 7.03. The van der Waals surface area contributed by atoms with Gasteiger partial charge in [0.05, 0.1) is 6.57 Å². The van der Waals surface area contributed by atoms with Crippen LogP contribution in [-0.4, -0.2) is 48.6 Å². The molecule has 1 aliphatic rings. The summed E-state index contributed by atoms with van der Waals surface area (Å²) in [6.45, 7) is 12.3. The fourth-order valence-electron chi connectivity index (χ4n) is 2.81. The van der Waals surface area contributed by atoms with Crippen molar-refractivity contribution in [1.29, 1.82) is 0 Å². The van der Waals surface area contributed by atoms with Crippen LogP contribution in [0.15, 0.2) is 6.20 Å². The van der Waals surface area contributed by atoms with Gasteiger partial charge in [-0.05, 0) is 58.7 Å². The number of rotatable bonds is 5. The zero-order chi connectivity index (χ0) is 15.2. The van der Waals surface area contributed by atoms with Crippen molar-refractivity contribution in [3.63, 3.8) is 0 Å². The van der Waals surface area contributed by atoms with E-state index in [0.717, 1.165) is 24.1 Å². The van der Waals surface area contributed by atoms with E-state index in [1.807, 2.05) is 14.0 Å². The highest BCUT2D eigenvalue weighted by Crippen LogP contribution is 2.22. The van der Waals surface area contributed by atoms with E-state index in [2.05, 4.69) is 31.7 Å². The van der Waals surface area contributed by atoms with Gasteiger partial charge in [0.15, 0.2) is 0 Å². The van der Waals surface area contributed by atoms with E-state index in [4.69, 9.17) is 6.57 Å². The third kappa shape index (κ3) is 4.40. The minimum absolute atomic E-state index is 0.540. The van der Waals surface area contributed by atoms with Crippen LogP contribution in [0.25, 0.3) is 4.85 Å². The number of anilines is 1. The first kappa shape index (κ1) is 15.7. The van der Waals surface area contributed by atoms with Crippen LogP contribution in [0.1, 0.15) is 31.4 Å². The van der Waals surface area contributed by atoms with E-state index in [0.29, 0.717) is 5.69 Å².